The maximum Gasteiger partial charge on any atom is 0.320 e. The fourth-order valence-corrected chi connectivity index (χ4v) is 5.32. The van der Waals surface area contributed by atoms with E-state index in [2.05, 4.69) is 28.5 Å². The Labute approximate surface area is 235 Å². The molecular weight excluding hydrogens is 512 g/mol. The zero-order valence-corrected chi connectivity index (χ0v) is 23.4. The molecule has 1 amide bonds. The molecule has 216 valence electrons. The summed E-state index contributed by atoms with van der Waals surface area (Å²) in [7, 11) is 0. The van der Waals surface area contributed by atoms with Crippen molar-refractivity contribution >= 4 is 28.9 Å². The van der Waals surface area contributed by atoms with E-state index in [4.69, 9.17) is 0 Å². The molecule has 0 radical (unpaired) electrons. The Balaban J connectivity index is 0.000000333. The number of nitrogens with one attached hydrogen (secondary N) is 2. The number of hydrogen-bond donors (Lipinski definition) is 3. The first kappa shape index (κ1) is 31.0. The van der Waals surface area contributed by atoms with Gasteiger partial charge >= 0.3 is 5.97 Å². The highest BCUT2D eigenvalue weighted by molar-refractivity contribution is 5.91. The molecule has 40 heavy (non-hydrogen) atoms. The quantitative estimate of drug-likeness (QED) is 0.294. The molecule has 2 heterocycles. The van der Waals surface area contributed by atoms with E-state index in [1.807, 2.05) is 32.2 Å². The molecule has 8 heteroatoms. The SMILES string of the molecule is CC.O=C(O)C(NC1CCCCC1)C1CCN(C(=O)/C=C/c2cc(F)cc(F)c2)CC1.c1ccc2[nH]ccc2c1. The van der Waals surface area contributed by atoms with Gasteiger partial charge in [0.25, 0.3) is 0 Å². The number of likely N-dealkylation sites (tertiary alicyclic amines) is 1. The van der Waals surface area contributed by atoms with Crippen LogP contribution in [0.15, 0.2) is 60.8 Å². The van der Waals surface area contributed by atoms with Crippen molar-refractivity contribution in [1.82, 2.24) is 15.2 Å². The summed E-state index contributed by atoms with van der Waals surface area (Å²) >= 11 is 0. The number of carbonyl (C=O) groups excluding carboxylic acids is 1. The number of nitrogens with zero attached hydrogens (tertiary/aromatic N) is 1. The van der Waals surface area contributed by atoms with E-state index in [1.54, 1.807) is 4.90 Å². The van der Waals surface area contributed by atoms with Crippen LogP contribution >= 0.6 is 0 Å². The Bertz CT molecular complexity index is 1190. The first-order valence-electron chi connectivity index (χ1n) is 14.3. The van der Waals surface area contributed by atoms with Gasteiger partial charge in [-0.2, -0.15) is 0 Å². The van der Waals surface area contributed by atoms with E-state index in [9.17, 15) is 23.5 Å². The topological polar surface area (TPSA) is 85.4 Å². The van der Waals surface area contributed by atoms with E-state index < -0.39 is 23.6 Å². The van der Waals surface area contributed by atoms with Crippen molar-refractivity contribution in [1.29, 1.82) is 0 Å². The Kier molecular flexibility index (Phi) is 12.3. The molecule has 3 N–H and O–H groups in total. The second kappa shape index (κ2) is 15.9. The van der Waals surface area contributed by atoms with Crippen LogP contribution < -0.4 is 5.32 Å². The van der Waals surface area contributed by atoms with Crippen molar-refractivity contribution in [3.63, 3.8) is 0 Å². The van der Waals surface area contributed by atoms with E-state index >= 15 is 0 Å². The van der Waals surface area contributed by atoms with Crippen LogP contribution in [0.4, 0.5) is 8.78 Å². The van der Waals surface area contributed by atoms with Crippen molar-refractivity contribution in [2.24, 2.45) is 5.92 Å². The minimum absolute atomic E-state index is 0.0141. The molecule has 2 aliphatic rings. The maximum atomic E-state index is 13.2. The van der Waals surface area contributed by atoms with Gasteiger partial charge in [-0.1, -0.05) is 51.3 Å². The molecule has 1 unspecified atom stereocenters. The van der Waals surface area contributed by atoms with Gasteiger partial charge in [-0.25, -0.2) is 8.78 Å². The molecule has 6 nitrogen and oxygen atoms in total. The number of para-hydroxylation sites is 1. The van der Waals surface area contributed by atoms with Crippen LogP contribution in [0.1, 0.15) is 64.4 Å². The van der Waals surface area contributed by atoms with Crippen LogP contribution in [0.2, 0.25) is 0 Å². The number of carbonyl (C=O) groups is 2. The van der Waals surface area contributed by atoms with Crippen molar-refractivity contribution in [2.75, 3.05) is 13.1 Å². The van der Waals surface area contributed by atoms with Crippen LogP contribution in [0.25, 0.3) is 17.0 Å². The number of amides is 1. The number of carboxylic acids is 1. The summed E-state index contributed by atoms with van der Waals surface area (Å²) in [6.45, 7) is 4.95. The fraction of sp³-hybridized carbons (Fsp3) is 0.438. The summed E-state index contributed by atoms with van der Waals surface area (Å²) in [6.07, 6.45) is 11.4. The highest BCUT2D eigenvalue weighted by Gasteiger charge is 2.33. The van der Waals surface area contributed by atoms with Gasteiger partial charge in [0, 0.05) is 43.0 Å². The zero-order valence-electron chi connectivity index (χ0n) is 23.4. The maximum absolute atomic E-state index is 13.2. The number of rotatable bonds is 6. The lowest BCUT2D eigenvalue weighted by molar-refractivity contribution is -0.142. The Morgan fingerprint density at radius 1 is 0.975 bits per heavy atom. The molecule has 5 rings (SSSR count). The minimum Gasteiger partial charge on any atom is -0.480 e. The minimum atomic E-state index is -0.826. The Morgan fingerprint density at radius 2 is 1.62 bits per heavy atom. The van der Waals surface area contributed by atoms with Gasteiger partial charge in [0.05, 0.1) is 0 Å². The van der Waals surface area contributed by atoms with E-state index in [0.717, 1.165) is 43.9 Å². The lowest BCUT2D eigenvalue weighted by Gasteiger charge is -2.36. The predicted octanol–water partition coefficient (Wildman–Crippen LogP) is 6.79. The predicted molar refractivity (Wildman–Crippen MR) is 156 cm³/mol. The van der Waals surface area contributed by atoms with Crippen molar-refractivity contribution in [3.05, 3.63) is 78.0 Å². The Morgan fingerprint density at radius 3 is 2.25 bits per heavy atom. The number of hydrogen-bond acceptors (Lipinski definition) is 3. The number of aromatic amines is 1. The molecule has 1 saturated heterocycles. The zero-order chi connectivity index (χ0) is 28.9. The smallest absolute Gasteiger partial charge is 0.320 e. The third kappa shape index (κ3) is 9.30. The lowest BCUT2D eigenvalue weighted by Crippen LogP contribution is -2.51. The molecule has 0 spiro atoms. The summed E-state index contributed by atoms with van der Waals surface area (Å²) in [5, 5.41) is 14.3. The summed E-state index contributed by atoms with van der Waals surface area (Å²) in [6, 6.07) is 13.1. The monoisotopic (exact) mass is 553 g/mol. The summed E-state index contributed by atoms with van der Waals surface area (Å²) in [4.78, 5) is 28.9. The number of fused-ring (bicyclic) bond motifs is 1. The van der Waals surface area contributed by atoms with Gasteiger partial charge in [-0.3, -0.25) is 9.59 Å². The number of aromatic nitrogens is 1. The van der Waals surface area contributed by atoms with Gasteiger partial charge in [0.1, 0.15) is 17.7 Å². The van der Waals surface area contributed by atoms with Gasteiger partial charge in [0.2, 0.25) is 5.91 Å². The van der Waals surface area contributed by atoms with Crippen LogP contribution in [0, 0.1) is 17.6 Å². The Hall–Kier alpha value is -3.52. The third-order valence-electron chi connectivity index (χ3n) is 7.37. The molecule has 1 saturated carbocycles. The van der Waals surface area contributed by atoms with Crippen LogP contribution in [0.5, 0.6) is 0 Å². The summed E-state index contributed by atoms with van der Waals surface area (Å²) in [5.41, 5.74) is 1.49. The highest BCUT2D eigenvalue weighted by atomic mass is 19.1. The first-order valence-corrected chi connectivity index (χ1v) is 14.3. The number of aliphatic carboxylic acids is 1. The van der Waals surface area contributed by atoms with Crippen LogP contribution in [-0.4, -0.2) is 52.0 Å². The molecule has 1 atom stereocenters. The number of carboxylic acid groups (broad SMARTS) is 1. The van der Waals surface area contributed by atoms with Crippen LogP contribution in [-0.2, 0) is 9.59 Å². The molecule has 1 aromatic heterocycles. The number of H-pyrrole nitrogens is 1. The van der Waals surface area contributed by atoms with E-state index in [1.165, 1.54) is 29.5 Å². The first-order chi connectivity index (χ1) is 19.4. The highest BCUT2D eigenvalue weighted by Crippen LogP contribution is 2.25. The molecular formula is C32H41F2N3O3. The largest absolute Gasteiger partial charge is 0.480 e. The average molecular weight is 554 g/mol. The van der Waals surface area contributed by atoms with Crippen LogP contribution in [0.3, 0.4) is 0 Å². The third-order valence-corrected chi connectivity index (χ3v) is 7.37. The van der Waals surface area contributed by atoms with Gasteiger partial charge in [0.15, 0.2) is 0 Å². The second-order valence-corrected chi connectivity index (χ2v) is 10.1. The number of halogens is 2. The van der Waals surface area contributed by atoms with Crippen molar-refractivity contribution < 1.29 is 23.5 Å². The van der Waals surface area contributed by atoms with Crippen molar-refractivity contribution in [2.45, 2.75) is 70.9 Å². The molecule has 2 fully saturated rings. The normalized spacial score (nSPS) is 17.1. The van der Waals surface area contributed by atoms with Gasteiger partial charge in [-0.15, -0.1) is 0 Å². The molecule has 3 aromatic rings. The van der Waals surface area contributed by atoms with Crippen molar-refractivity contribution in [3.8, 4) is 0 Å². The molecule has 2 aromatic carbocycles. The van der Waals surface area contributed by atoms with E-state index in [-0.39, 0.29) is 23.4 Å². The van der Waals surface area contributed by atoms with E-state index in [0.29, 0.717) is 25.9 Å². The standard InChI is InChI=1S/C22H28F2N2O3.C8H7N.C2H6/c23-17-12-15(13-18(24)14-17)6-7-20(27)26-10-8-16(9-11-26)21(22(28)29)25-19-4-2-1-3-5-19;1-2-4-8-7(3-1)5-6-9-8;1-2/h6-7,12-14,16,19,21,25H,1-5,8-11H2,(H,28,29);1-6,9H;1-2H3/b7-6+;;. The fourth-order valence-electron chi connectivity index (χ4n) is 5.32. The second-order valence-electron chi connectivity index (χ2n) is 10.1. The number of benzene rings is 2. The molecule has 1 aliphatic carbocycles. The van der Waals surface area contributed by atoms with Gasteiger partial charge in [-0.05, 0) is 72.9 Å². The molecule has 1 aliphatic heterocycles. The summed E-state index contributed by atoms with van der Waals surface area (Å²) in [5.74, 6) is -2.46. The van der Waals surface area contributed by atoms with Gasteiger partial charge < -0.3 is 20.3 Å². The number of piperidine rings is 1. The average Bonchev–Trinajstić information content (AvgIpc) is 3.45. The molecule has 0 bridgehead atoms. The lowest BCUT2D eigenvalue weighted by atomic mass is 9.87. The summed E-state index contributed by atoms with van der Waals surface area (Å²) < 4.78 is 26.5.